The highest BCUT2D eigenvalue weighted by Gasteiger charge is 2.33. The fourth-order valence-electron chi connectivity index (χ4n) is 2.60. The molecule has 1 aromatic heterocycles. The van der Waals surface area contributed by atoms with Crippen LogP contribution in [0.25, 0.3) is 0 Å². The Labute approximate surface area is 113 Å². The highest BCUT2D eigenvalue weighted by molar-refractivity contribution is 5.81. The van der Waals surface area contributed by atoms with Gasteiger partial charge in [-0.05, 0) is 26.2 Å². The number of hydrogen-bond donors (Lipinski definition) is 0. The molecule has 2 aliphatic rings. The summed E-state index contributed by atoms with van der Waals surface area (Å²) in [5.74, 6) is 2.34. The molecule has 0 N–H and O–H groups in total. The number of nitrogens with zero attached hydrogens (tertiary/aromatic N) is 3. The molecule has 0 aromatic carbocycles. The van der Waals surface area contributed by atoms with Crippen molar-refractivity contribution >= 4 is 5.91 Å². The van der Waals surface area contributed by atoms with Crippen LogP contribution in [-0.2, 0) is 11.3 Å². The highest BCUT2D eigenvalue weighted by atomic mass is 16.4. The van der Waals surface area contributed by atoms with Gasteiger partial charge in [0, 0.05) is 32.1 Å². The predicted molar refractivity (Wildman–Crippen MR) is 70.4 cm³/mol. The summed E-state index contributed by atoms with van der Waals surface area (Å²) in [6.07, 6.45) is 4.98. The molecule has 5 heteroatoms. The molecule has 0 atom stereocenters. The van der Waals surface area contributed by atoms with Gasteiger partial charge in [0.15, 0.2) is 0 Å². The quantitative estimate of drug-likeness (QED) is 0.827. The van der Waals surface area contributed by atoms with E-state index < -0.39 is 0 Å². The zero-order valence-electron chi connectivity index (χ0n) is 11.5. The minimum atomic E-state index is 0.334. The van der Waals surface area contributed by atoms with Crippen LogP contribution in [0.3, 0.4) is 0 Å². The molecule has 1 aromatic rings. The Kier molecular flexibility index (Phi) is 3.55. The summed E-state index contributed by atoms with van der Waals surface area (Å²) in [6, 6.07) is 0. The molecule has 1 aliphatic carbocycles. The highest BCUT2D eigenvalue weighted by Crippen LogP contribution is 2.31. The number of hydrogen-bond acceptors (Lipinski definition) is 4. The van der Waals surface area contributed by atoms with E-state index in [4.69, 9.17) is 4.42 Å². The summed E-state index contributed by atoms with van der Waals surface area (Å²) < 4.78 is 5.52. The molecule has 5 nitrogen and oxygen atoms in total. The molecule has 0 bridgehead atoms. The van der Waals surface area contributed by atoms with E-state index in [0.717, 1.165) is 63.6 Å². The average molecular weight is 263 g/mol. The van der Waals surface area contributed by atoms with Gasteiger partial charge < -0.3 is 9.32 Å². The lowest BCUT2D eigenvalue weighted by Gasteiger charge is -2.21. The van der Waals surface area contributed by atoms with Crippen LogP contribution in [0.15, 0.2) is 10.6 Å². The first-order valence-corrected chi connectivity index (χ1v) is 7.15. The zero-order valence-corrected chi connectivity index (χ0v) is 11.5. The molecule has 0 spiro atoms. The van der Waals surface area contributed by atoms with E-state index in [1.54, 1.807) is 6.20 Å². The Morgan fingerprint density at radius 2 is 2.21 bits per heavy atom. The second-order valence-electron chi connectivity index (χ2n) is 5.59. The van der Waals surface area contributed by atoms with Crippen molar-refractivity contribution in [1.29, 1.82) is 0 Å². The third-order valence-electron chi connectivity index (χ3n) is 3.85. The van der Waals surface area contributed by atoms with Crippen LogP contribution < -0.4 is 0 Å². The summed E-state index contributed by atoms with van der Waals surface area (Å²) in [7, 11) is 0. The second kappa shape index (κ2) is 5.33. The van der Waals surface area contributed by atoms with E-state index in [1.165, 1.54) is 0 Å². The number of carbonyl (C=O) groups is 1. The number of rotatable bonds is 3. The van der Waals surface area contributed by atoms with E-state index in [1.807, 2.05) is 11.8 Å². The molecule has 1 amide bonds. The van der Waals surface area contributed by atoms with Crippen molar-refractivity contribution in [3.63, 3.8) is 0 Å². The minimum Gasteiger partial charge on any atom is -0.445 e. The average Bonchev–Trinajstić information content (AvgIpc) is 3.18. The number of aryl methyl sites for hydroxylation is 1. The molecule has 3 rings (SSSR count). The van der Waals surface area contributed by atoms with Crippen molar-refractivity contribution in [2.75, 3.05) is 26.2 Å². The van der Waals surface area contributed by atoms with Gasteiger partial charge in [0.2, 0.25) is 11.8 Å². The summed E-state index contributed by atoms with van der Waals surface area (Å²) >= 11 is 0. The van der Waals surface area contributed by atoms with E-state index in [2.05, 4.69) is 9.88 Å². The maximum absolute atomic E-state index is 12.1. The topological polar surface area (TPSA) is 49.6 Å². The summed E-state index contributed by atoms with van der Waals surface area (Å²) in [5.41, 5.74) is 0. The first kappa shape index (κ1) is 12.7. The van der Waals surface area contributed by atoms with Gasteiger partial charge in [0.05, 0.1) is 12.7 Å². The molecular formula is C14H21N3O2. The van der Waals surface area contributed by atoms with Gasteiger partial charge in [-0.15, -0.1) is 0 Å². The maximum atomic E-state index is 12.1. The molecule has 1 saturated carbocycles. The standard InChI is InChI=1S/C14H21N3O2/c1-11-9-15-13(19-11)10-16-5-2-6-17(8-7-16)14(18)12-3-4-12/h9,12H,2-8,10H2,1H3. The smallest absolute Gasteiger partial charge is 0.225 e. The maximum Gasteiger partial charge on any atom is 0.225 e. The summed E-state index contributed by atoms with van der Waals surface area (Å²) in [6.45, 7) is 6.33. The van der Waals surface area contributed by atoms with Gasteiger partial charge in [-0.1, -0.05) is 0 Å². The normalized spacial score (nSPS) is 21.4. The molecule has 2 heterocycles. The van der Waals surface area contributed by atoms with Gasteiger partial charge >= 0.3 is 0 Å². The lowest BCUT2D eigenvalue weighted by Crippen LogP contribution is -2.36. The van der Waals surface area contributed by atoms with Gasteiger partial charge in [-0.3, -0.25) is 9.69 Å². The Balaban J connectivity index is 1.53. The molecule has 1 aliphatic heterocycles. The minimum absolute atomic E-state index is 0.334. The molecule has 19 heavy (non-hydrogen) atoms. The van der Waals surface area contributed by atoms with Crippen LogP contribution in [0.5, 0.6) is 0 Å². The van der Waals surface area contributed by atoms with Crippen LogP contribution in [0.1, 0.15) is 30.9 Å². The molecule has 1 saturated heterocycles. The van der Waals surface area contributed by atoms with Crippen molar-refractivity contribution < 1.29 is 9.21 Å². The van der Waals surface area contributed by atoms with Crippen molar-refractivity contribution in [2.24, 2.45) is 5.92 Å². The largest absolute Gasteiger partial charge is 0.445 e. The lowest BCUT2D eigenvalue weighted by molar-refractivity contribution is -0.132. The number of oxazole rings is 1. The molecule has 0 unspecified atom stereocenters. The second-order valence-corrected chi connectivity index (χ2v) is 5.59. The van der Waals surface area contributed by atoms with Crippen LogP contribution >= 0.6 is 0 Å². The summed E-state index contributed by atoms with van der Waals surface area (Å²) in [5, 5.41) is 0. The first-order valence-electron chi connectivity index (χ1n) is 7.15. The molecule has 2 fully saturated rings. The van der Waals surface area contributed by atoms with Gasteiger partial charge in [-0.25, -0.2) is 4.98 Å². The number of amides is 1. The summed E-state index contributed by atoms with van der Waals surface area (Å²) in [4.78, 5) is 20.7. The van der Waals surface area contributed by atoms with Gasteiger partial charge in [0.25, 0.3) is 0 Å². The zero-order chi connectivity index (χ0) is 13.2. The monoisotopic (exact) mass is 263 g/mol. The first-order chi connectivity index (χ1) is 9.22. The van der Waals surface area contributed by atoms with E-state index in [9.17, 15) is 4.79 Å². The molecular weight excluding hydrogens is 242 g/mol. The van der Waals surface area contributed by atoms with E-state index in [0.29, 0.717) is 11.8 Å². The SMILES string of the molecule is Cc1cnc(CN2CCCN(C(=O)C3CC3)CC2)o1. The van der Waals surface area contributed by atoms with Gasteiger partial charge in [-0.2, -0.15) is 0 Å². The molecule has 0 radical (unpaired) electrons. The van der Waals surface area contributed by atoms with E-state index in [-0.39, 0.29) is 0 Å². The fourth-order valence-corrected chi connectivity index (χ4v) is 2.60. The van der Waals surface area contributed by atoms with Crippen molar-refractivity contribution in [3.05, 3.63) is 17.8 Å². The van der Waals surface area contributed by atoms with Gasteiger partial charge in [0.1, 0.15) is 5.76 Å². The number of carbonyl (C=O) groups excluding carboxylic acids is 1. The Morgan fingerprint density at radius 1 is 1.37 bits per heavy atom. The Bertz CT molecular complexity index is 453. The fraction of sp³-hybridized carbons (Fsp3) is 0.714. The third-order valence-corrected chi connectivity index (χ3v) is 3.85. The lowest BCUT2D eigenvalue weighted by atomic mass is 10.3. The molecule has 104 valence electrons. The van der Waals surface area contributed by atoms with Crippen molar-refractivity contribution in [3.8, 4) is 0 Å². The third kappa shape index (κ3) is 3.15. The van der Waals surface area contributed by atoms with Crippen LogP contribution in [0, 0.1) is 12.8 Å². The van der Waals surface area contributed by atoms with E-state index >= 15 is 0 Å². The number of aromatic nitrogens is 1. The Morgan fingerprint density at radius 3 is 2.89 bits per heavy atom. The van der Waals surface area contributed by atoms with Crippen LogP contribution in [0.2, 0.25) is 0 Å². The van der Waals surface area contributed by atoms with Crippen LogP contribution in [-0.4, -0.2) is 46.9 Å². The van der Waals surface area contributed by atoms with Crippen molar-refractivity contribution in [1.82, 2.24) is 14.8 Å². The predicted octanol–water partition coefficient (Wildman–Crippen LogP) is 1.43. The van der Waals surface area contributed by atoms with Crippen LogP contribution in [0.4, 0.5) is 0 Å². The Hall–Kier alpha value is -1.36. The van der Waals surface area contributed by atoms with Crippen molar-refractivity contribution in [2.45, 2.75) is 32.7 Å².